The van der Waals surface area contributed by atoms with E-state index in [9.17, 15) is 14.7 Å². The molecule has 2 N–H and O–H groups in total. The highest BCUT2D eigenvalue weighted by Crippen LogP contribution is 2.09. The molecule has 16 heavy (non-hydrogen) atoms. The lowest BCUT2D eigenvalue weighted by Crippen LogP contribution is -2.48. The van der Waals surface area contributed by atoms with Crippen molar-refractivity contribution in [2.24, 2.45) is 0 Å². The molecule has 0 unspecified atom stereocenters. The molecule has 6 nitrogen and oxygen atoms in total. The van der Waals surface area contributed by atoms with Gasteiger partial charge in [-0.15, -0.1) is 0 Å². The van der Waals surface area contributed by atoms with Crippen LogP contribution in [0, 0.1) is 0 Å². The van der Waals surface area contributed by atoms with E-state index in [1.807, 2.05) is 0 Å². The molecule has 0 fully saturated rings. The number of hydrogen-bond donors (Lipinski definition) is 2. The molecule has 0 bridgehead atoms. The number of ether oxygens (including phenoxy) is 2. The van der Waals surface area contributed by atoms with Gasteiger partial charge in [-0.1, -0.05) is 0 Å². The fourth-order valence-corrected chi connectivity index (χ4v) is 1.27. The number of rotatable bonds is 3. The number of nitrogens with one attached hydrogen (secondary N) is 1. The van der Waals surface area contributed by atoms with Gasteiger partial charge in [-0.25, -0.2) is 9.59 Å². The zero-order valence-corrected chi connectivity index (χ0v) is 11.8. The quantitative estimate of drug-likeness (QED) is 0.449. The van der Waals surface area contributed by atoms with Crippen LogP contribution < -0.4 is 5.32 Å². The summed E-state index contributed by atoms with van der Waals surface area (Å²) in [6.45, 7) is 5.08. The zero-order valence-electron chi connectivity index (χ0n) is 9.61. The number of esters is 1. The fraction of sp³-hybridized carbons (Fsp3) is 0.778. The van der Waals surface area contributed by atoms with Crippen LogP contribution in [0.4, 0.5) is 4.79 Å². The number of amides is 1. The van der Waals surface area contributed by atoms with E-state index in [1.165, 1.54) is 7.11 Å². The van der Waals surface area contributed by atoms with Gasteiger partial charge in [0.2, 0.25) is 0 Å². The average molecular weight is 345 g/mol. The van der Waals surface area contributed by atoms with Crippen LogP contribution in [0.1, 0.15) is 20.8 Å². The molecule has 0 aliphatic rings. The summed E-state index contributed by atoms with van der Waals surface area (Å²) in [4.78, 5) is 22.5. The van der Waals surface area contributed by atoms with Crippen molar-refractivity contribution in [2.45, 2.75) is 36.5 Å². The number of alkyl halides is 1. The minimum absolute atomic E-state index is 0.666. The standard InChI is InChI=1S/C9H16INO5/c1-9(2,3)16-8(14)11-5(6(10)12)7(13)15-4/h5-6,12H,1-4H3,(H,11,14)/t5-,6-/m0/s1. The normalized spacial score (nSPS) is 14.9. The van der Waals surface area contributed by atoms with Crippen molar-refractivity contribution in [3.05, 3.63) is 0 Å². The van der Waals surface area contributed by atoms with Crippen LogP contribution in [0.25, 0.3) is 0 Å². The second-order valence-corrected chi connectivity index (χ2v) is 5.30. The number of halogens is 1. The van der Waals surface area contributed by atoms with E-state index in [0.29, 0.717) is 0 Å². The van der Waals surface area contributed by atoms with Gasteiger partial charge in [0.05, 0.1) is 7.11 Å². The Hall–Kier alpha value is -0.570. The molecule has 0 heterocycles. The molecule has 0 aliphatic carbocycles. The number of methoxy groups -OCH3 is 1. The third-order valence-electron chi connectivity index (χ3n) is 1.40. The summed E-state index contributed by atoms with van der Waals surface area (Å²) in [7, 11) is 1.17. The van der Waals surface area contributed by atoms with Crippen LogP contribution in [0.2, 0.25) is 0 Å². The monoisotopic (exact) mass is 345 g/mol. The van der Waals surface area contributed by atoms with Crippen molar-refractivity contribution < 1.29 is 24.2 Å². The maximum atomic E-state index is 11.3. The van der Waals surface area contributed by atoms with E-state index in [1.54, 1.807) is 43.4 Å². The Kier molecular flexibility index (Phi) is 6.01. The number of alkyl carbamates (subject to hydrolysis) is 1. The van der Waals surface area contributed by atoms with E-state index < -0.39 is 27.8 Å². The number of aliphatic hydroxyl groups is 1. The van der Waals surface area contributed by atoms with E-state index in [4.69, 9.17) is 4.74 Å². The van der Waals surface area contributed by atoms with Gasteiger partial charge in [-0.2, -0.15) is 0 Å². The van der Waals surface area contributed by atoms with Gasteiger partial charge in [-0.05, 0) is 43.4 Å². The summed E-state index contributed by atoms with van der Waals surface area (Å²) in [6, 6.07) is -1.14. The number of carbonyl (C=O) groups is 2. The predicted molar refractivity (Wildman–Crippen MR) is 65.2 cm³/mol. The maximum Gasteiger partial charge on any atom is 0.408 e. The highest BCUT2D eigenvalue weighted by Gasteiger charge is 2.29. The smallest absolute Gasteiger partial charge is 0.408 e. The Bertz CT molecular complexity index is 261. The maximum absolute atomic E-state index is 11.3. The lowest BCUT2D eigenvalue weighted by Gasteiger charge is -2.23. The van der Waals surface area contributed by atoms with E-state index >= 15 is 0 Å². The lowest BCUT2D eigenvalue weighted by atomic mass is 10.2. The minimum atomic E-state index is -1.14. The van der Waals surface area contributed by atoms with Crippen molar-refractivity contribution in [3.63, 3.8) is 0 Å². The van der Waals surface area contributed by atoms with Gasteiger partial charge in [-0.3, -0.25) is 0 Å². The Morgan fingerprint density at radius 2 is 1.88 bits per heavy atom. The van der Waals surface area contributed by atoms with Crippen LogP contribution >= 0.6 is 22.6 Å². The minimum Gasteiger partial charge on any atom is -0.467 e. The average Bonchev–Trinajstić information content (AvgIpc) is 2.09. The first-order chi connectivity index (χ1) is 7.17. The zero-order chi connectivity index (χ0) is 12.9. The van der Waals surface area contributed by atoms with Crippen molar-refractivity contribution in [2.75, 3.05) is 7.11 Å². The molecule has 0 spiro atoms. The molecule has 0 saturated heterocycles. The Balaban J connectivity index is 4.42. The van der Waals surface area contributed by atoms with Gasteiger partial charge in [0, 0.05) is 0 Å². The molecule has 0 aromatic carbocycles. The highest BCUT2D eigenvalue weighted by atomic mass is 127. The van der Waals surface area contributed by atoms with Crippen molar-refractivity contribution >= 4 is 34.7 Å². The SMILES string of the molecule is COC(=O)[C@@H](NC(=O)OC(C)(C)C)[C@H](O)I. The second kappa shape index (κ2) is 6.24. The van der Waals surface area contributed by atoms with E-state index in [-0.39, 0.29) is 0 Å². The third kappa shape index (κ3) is 6.11. The summed E-state index contributed by atoms with van der Waals surface area (Å²) >= 11 is 1.60. The van der Waals surface area contributed by atoms with Gasteiger partial charge in [0.15, 0.2) is 6.04 Å². The summed E-state index contributed by atoms with van der Waals surface area (Å²) in [6.07, 6.45) is -0.779. The molecule has 0 saturated carbocycles. The number of aliphatic hydroxyl groups excluding tert-OH is 1. The summed E-state index contributed by atoms with van der Waals surface area (Å²) < 4.78 is 8.29. The molecule has 0 rings (SSSR count). The Labute approximate surface area is 108 Å². The molecule has 7 heteroatoms. The second-order valence-electron chi connectivity index (χ2n) is 4.02. The summed E-state index contributed by atoms with van der Waals surface area (Å²) in [5.41, 5.74) is -0.666. The Morgan fingerprint density at radius 3 is 2.19 bits per heavy atom. The molecule has 0 aromatic rings. The molecule has 94 valence electrons. The highest BCUT2D eigenvalue weighted by molar-refractivity contribution is 14.1. The third-order valence-corrected chi connectivity index (χ3v) is 2.12. The van der Waals surface area contributed by atoms with Crippen LogP contribution in [-0.2, 0) is 14.3 Å². The molecule has 0 aromatic heterocycles. The van der Waals surface area contributed by atoms with Crippen LogP contribution in [0.15, 0.2) is 0 Å². The molecular weight excluding hydrogens is 329 g/mol. The Morgan fingerprint density at radius 1 is 1.38 bits per heavy atom. The summed E-state index contributed by atoms with van der Waals surface area (Å²) in [5, 5.41) is 11.5. The van der Waals surface area contributed by atoms with Gasteiger partial charge >= 0.3 is 12.1 Å². The largest absolute Gasteiger partial charge is 0.467 e. The fourth-order valence-electron chi connectivity index (χ4n) is 0.801. The van der Waals surface area contributed by atoms with Crippen molar-refractivity contribution in [1.29, 1.82) is 0 Å². The topological polar surface area (TPSA) is 84.9 Å². The molecule has 1 amide bonds. The lowest BCUT2D eigenvalue weighted by molar-refractivity contribution is -0.144. The summed E-state index contributed by atoms with van der Waals surface area (Å²) in [5.74, 6) is -0.729. The van der Waals surface area contributed by atoms with Gasteiger partial charge < -0.3 is 19.9 Å². The molecule has 0 aliphatic heterocycles. The van der Waals surface area contributed by atoms with Gasteiger partial charge in [0.25, 0.3) is 0 Å². The van der Waals surface area contributed by atoms with E-state index in [0.717, 1.165) is 0 Å². The van der Waals surface area contributed by atoms with Gasteiger partial charge in [0.1, 0.15) is 9.71 Å². The van der Waals surface area contributed by atoms with Crippen LogP contribution in [0.5, 0.6) is 0 Å². The van der Waals surface area contributed by atoms with Crippen LogP contribution in [-0.4, -0.2) is 40.0 Å². The van der Waals surface area contributed by atoms with E-state index in [2.05, 4.69) is 10.1 Å². The number of hydrogen-bond acceptors (Lipinski definition) is 5. The van der Waals surface area contributed by atoms with Crippen molar-refractivity contribution in [1.82, 2.24) is 5.32 Å². The first-order valence-corrected chi connectivity index (χ1v) is 5.81. The molecular formula is C9H16INO5. The first-order valence-electron chi connectivity index (χ1n) is 4.57. The molecule has 2 atom stereocenters. The predicted octanol–water partition coefficient (Wildman–Crippen LogP) is 0.806. The first kappa shape index (κ1) is 15.4. The number of carbonyl (C=O) groups excluding carboxylic acids is 2. The molecule has 0 radical (unpaired) electrons. The van der Waals surface area contributed by atoms with Crippen LogP contribution in [0.3, 0.4) is 0 Å². The van der Waals surface area contributed by atoms with Crippen molar-refractivity contribution in [3.8, 4) is 0 Å².